The molecule has 2 nitrogen and oxygen atoms in total. The molecular weight excluding hydrogens is 1110 g/mol. The molecule has 18 rings (SSSR count). The van der Waals surface area contributed by atoms with Gasteiger partial charge in [-0.3, -0.25) is 0 Å². The van der Waals surface area contributed by atoms with Crippen LogP contribution in [-0.2, 0) is 10.8 Å². The van der Waals surface area contributed by atoms with Gasteiger partial charge in [0.15, 0.2) is 0 Å². The molecule has 16 aromatic carbocycles. The van der Waals surface area contributed by atoms with Gasteiger partial charge < -0.3 is 9.80 Å². The largest absolute Gasteiger partial charge is 0.310 e. The van der Waals surface area contributed by atoms with Crippen molar-refractivity contribution in [1.29, 1.82) is 0 Å². The molecule has 0 saturated heterocycles. The van der Waals surface area contributed by atoms with Crippen LogP contribution in [0.1, 0.15) is 44.5 Å². The summed E-state index contributed by atoms with van der Waals surface area (Å²) in [6.45, 7) is 0. The summed E-state index contributed by atoms with van der Waals surface area (Å²) >= 11 is 0. The lowest BCUT2D eigenvalue weighted by molar-refractivity contribution is 0.733. The van der Waals surface area contributed by atoms with Crippen LogP contribution in [0, 0.1) is 0 Å². The second-order valence-electron chi connectivity index (χ2n) is 24.5. The van der Waals surface area contributed by atoms with E-state index in [9.17, 15) is 0 Å². The van der Waals surface area contributed by atoms with Crippen LogP contribution < -0.4 is 9.80 Å². The average Bonchev–Trinajstić information content (AvgIpc) is 0.706. The number of fused-ring (bicyclic) bond motifs is 8. The number of anilines is 6. The van der Waals surface area contributed by atoms with Crippen molar-refractivity contribution in [3.05, 3.63) is 408 Å². The van der Waals surface area contributed by atoms with E-state index in [1.54, 1.807) is 0 Å². The zero-order valence-electron chi connectivity index (χ0n) is 50.5. The molecule has 0 radical (unpaired) electrons. The first-order valence-corrected chi connectivity index (χ1v) is 32.0. The predicted octanol–water partition coefficient (Wildman–Crippen LogP) is 23.6. The Morgan fingerprint density at radius 2 is 0.489 bits per heavy atom. The van der Waals surface area contributed by atoms with Gasteiger partial charge in [-0.1, -0.05) is 303 Å². The van der Waals surface area contributed by atoms with E-state index >= 15 is 0 Å². The Morgan fingerprint density at radius 1 is 0.196 bits per heavy atom. The fraction of sp³-hybridized carbons (Fsp3) is 0.0222. The standard InChI is InChI=1S/C90H60N2/c1-7-33-63(34-8-1)89(64-35-9-2-10-36-64)79-53-23-25-55-81(79)91(67-41-15-5-16-42-67)83-57-29-51-75(87(83)89)71-47-27-49-73-77(71)60-78-72(48-28-50-74(78)86(73)85-69-45-21-19-31-61(69)59-62-32-20-22-46-70(62)85)76-52-30-58-84-88(76)90(65-37-11-3-12-38-65,66-39-13-4-14-40-66)80-54-24-26-56-82(80)92(84)68-43-17-6-18-44-68/h1-60H. The molecule has 2 heterocycles. The summed E-state index contributed by atoms with van der Waals surface area (Å²) in [5.41, 5.74) is 22.1. The van der Waals surface area contributed by atoms with E-state index in [1.165, 1.54) is 110 Å². The normalized spacial score (nSPS) is 13.6. The van der Waals surface area contributed by atoms with Gasteiger partial charge in [0.25, 0.3) is 0 Å². The molecule has 0 fully saturated rings. The molecule has 16 aromatic rings. The molecule has 92 heavy (non-hydrogen) atoms. The van der Waals surface area contributed by atoms with E-state index in [1.807, 2.05) is 0 Å². The van der Waals surface area contributed by atoms with Crippen molar-refractivity contribution in [1.82, 2.24) is 0 Å². The molecule has 0 atom stereocenters. The highest BCUT2D eigenvalue weighted by molar-refractivity contribution is 6.26. The van der Waals surface area contributed by atoms with Crippen LogP contribution in [0.5, 0.6) is 0 Å². The lowest BCUT2D eigenvalue weighted by Crippen LogP contribution is -2.38. The zero-order chi connectivity index (χ0) is 60.7. The Labute approximate surface area is 536 Å². The first-order valence-electron chi connectivity index (χ1n) is 32.0. The third kappa shape index (κ3) is 7.81. The van der Waals surface area contributed by atoms with Gasteiger partial charge >= 0.3 is 0 Å². The number of rotatable bonds is 9. The van der Waals surface area contributed by atoms with Crippen molar-refractivity contribution in [2.75, 3.05) is 9.80 Å². The topological polar surface area (TPSA) is 6.48 Å². The van der Waals surface area contributed by atoms with Crippen LogP contribution in [0.25, 0.3) is 76.5 Å². The minimum Gasteiger partial charge on any atom is -0.310 e. The lowest BCUT2D eigenvalue weighted by Gasteiger charge is -2.47. The molecule has 0 amide bonds. The molecule has 0 spiro atoms. The first-order chi connectivity index (χ1) is 45.7. The maximum Gasteiger partial charge on any atom is 0.0748 e. The Bertz CT molecular complexity index is 5090. The van der Waals surface area contributed by atoms with Crippen molar-refractivity contribution in [3.63, 3.8) is 0 Å². The molecule has 2 heteroatoms. The van der Waals surface area contributed by atoms with E-state index in [-0.39, 0.29) is 0 Å². The molecule has 0 aromatic heterocycles. The number of hydrogen-bond acceptors (Lipinski definition) is 2. The predicted molar refractivity (Wildman–Crippen MR) is 386 cm³/mol. The molecule has 0 unspecified atom stereocenters. The van der Waals surface area contributed by atoms with E-state index in [4.69, 9.17) is 0 Å². The molecule has 2 aliphatic rings. The highest BCUT2D eigenvalue weighted by Crippen LogP contribution is 2.63. The molecule has 0 saturated carbocycles. The van der Waals surface area contributed by atoms with Gasteiger partial charge in [0, 0.05) is 22.5 Å². The molecular formula is C90H60N2. The molecule has 0 bridgehead atoms. The summed E-state index contributed by atoms with van der Waals surface area (Å²) in [4.78, 5) is 5.01. The summed E-state index contributed by atoms with van der Waals surface area (Å²) in [5.74, 6) is 0. The summed E-state index contributed by atoms with van der Waals surface area (Å²) in [6, 6.07) is 137. The van der Waals surface area contributed by atoms with Crippen LogP contribution in [-0.4, -0.2) is 0 Å². The number of nitrogens with zero attached hydrogens (tertiary/aromatic N) is 2. The Morgan fingerprint density at radius 3 is 0.891 bits per heavy atom. The van der Waals surface area contributed by atoms with E-state index in [2.05, 4.69) is 374 Å². The maximum atomic E-state index is 2.57. The summed E-state index contributed by atoms with van der Waals surface area (Å²) in [6.07, 6.45) is 0. The van der Waals surface area contributed by atoms with E-state index < -0.39 is 10.8 Å². The van der Waals surface area contributed by atoms with Gasteiger partial charge in [-0.25, -0.2) is 0 Å². The summed E-state index contributed by atoms with van der Waals surface area (Å²) in [5, 5.41) is 9.57. The monoisotopic (exact) mass is 1170 g/mol. The van der Waals surface area contributed by atoms with Gasteiger partial charge in [-0.05, 0) is 171 Å². The number of para-hydroxylation sites is 4. The number of benzene rings is 16. The van der Waals surface area contributed by atoms with E-state index in [0.717, 1.165) is 45.3 Å². The van der Waals surface area contributed by atoms with Gasteiger partial charge in [0.05, 0.1) is 33.6 Å². The van der Waals surface area contributed by atoms with Gasteiger partial charge in [0.1, 0.15) is 0 Å². The van der Waals surface area contributed by atoms with Gasteiger partial charge in [-0.15, -0.1) is 0 Å². The van der Waals surface area contributed by atoms with Crippen LogP contribution in [0.3, 0.4) is 0 Å². The van der Waals surface area contributed by atoms with Crippen LogP contribution in [0.4, 0.5) is 34.1 Å². The zero-order valence-corrected chi connectivity index (χ0v) is 50.5. The first kappa shape index (κ1) is 53.2. The average molecular weight is 1170 g/mol. The van der Waals surface area contributed by atoms with E-state index in [0.29, 0.717) is 0 Å². The van der Waals surface area contributed by atoms with Gasteiger partial charge in [-0.2, -0.15) is 0 Å². The molecule has 0 N–H and O–H groups in total. The molecule has 2 aliphatic heterocycles. The van der Waals surface area contributed by atoms with Crippen molar-refractivity contribution in [2.45, 2.75) is 10.8 Å². The van der Waals surface area contributed by atoms with Gasteiger partial charge in [0.2, 0.25) is 0 Å². The lowest BCUT2D eigenvalue weighted by atomic mass is 9.60. The van der Waals surface area contributed by atoms with Crippen molar-refractivity contribution in [3.8, 4) is 33.4 Å². The smallest absolute Gasteiger partial charge is 0.0748 e. The van der Waals surface area contributed by atoms with Crippen LogP contribution in [0.15, 0.2) is 364 Å². The van der Waals surface area contributed by atoms with Crippen molar-refractivity contribution < 1.29 is 0 Å². The Kier molecular flexibility index (Phi) is 12.4. The maximum absolute atomic E-state index is 2.57. The minimum absolute atomic E-state index is 0.766. The number of hydrogen-bond donors (Lipinski definition) is 0. The second kappa shape index (κ2) is 21.4. The highest BCUT2D eigenvalue weighted by Gasteiger charge is 2.50. The fourth-order valence-corrected chi connectivity index (χ4v) is 16.4. The fourth-order valence-electron chi connectivity index (χ4n) is 16.4. The summed E-state index contributed by atoms with van der Waals surface area (Å²) < 4.78 is 0. The third-order valence-corrected chi connectivity index (χ3v) is 19.9. The third-order valence-electron chi connectivity index (χ3n) is 19.9. The second-order valence-corrected chi connectivity index (χ2v) is 24.5. The van der Waals surface area contributed by atoms with Crippen LogP contribution >= 0.6 is 0 Å². The summed E-state index contributed by atoms with van der Waals surface area (Å²) in [7, 11) is 0. The highest BCUT2D eigenvalue weighted by atomic mass is 15.2. The quantitative estimate of drug-likeness (QED) is 0.133. The Balaban J connectivity index is 1.03. The minimum atomic E-state index is -0.766. The SMILES string of the molecule is c1ccc(N2c3ccccc3C(c3ccccc3)(c3ccccc3)c3c(-c4cccc5c(-c6c7ccccc7cc7ccccc67)c6cccc(-c7cccc8c7C(c7ccccc7)(c7ccccc7)c7ccccc7N8c7ccccc7)c6cc45)cccc32)cc1. The van der Waals surface area contributed by atoms with Crippen molar-refractivity contribution in [2.24, 2.45) is 0 Å². The van der Waals surface area contributed by atoms with Crippen molar-refractivity contribution >= 4 is 77.2 Å². The van der Waals surface area contributed by atoms with Crippen LogP contribution in [0.2, 0.25) is 0 Å². The molecule has 0 aliphatic carbocycles. The molecule has 430 valence electrons. The Hall–Kier alpha value is -11.8.